The Morgan fingerprint density at radius 1 is 1.00 bits per heavy atom. The van der Waals surface area contributed by atoms with Gasteiger partial charge in [0.05, 0.1) is 6.54 Å². The first-order chi connectivity index (χ1) is 13.7. The molecule has 1 aliphatic heterocycles. The van der Waals surface area contributed by atoms with E-state index in [-0.39, 0.29) is 0 Å². The molecular formula is C23H31N5. The molecule has 2 fully saturated rings. The highest BCUT2D eigenvalue weighted by Gasteiger charge is 2.26. The average molecular weight is 378 g/mol. The zero-order valence-corrected chi connectivity index (χ0v) is 16.8. The van der Waals surface area contributed by atoms with Gasteiger partial charge >= 0.3 is 0 Å². The van der Waals surface area contributed by atoms with E-state index in [0.717, 1.165) is 24.7 Å². The molecular weight excluding hydrogens is 346 g/mol. The third kappa shape index (κ3) is 5.26. The number of aryl methyl sites for hydroxylation is 1. The van der Waals surface area contributed by atoms with Crippen LogP contribution in [0.15, 0.2) is 53.5 Å². The van der Waals surface area contributed by atoms with Gasteiger partial charge in [0.2, 0.25) is 0 Å². The van der Waals surface area contributed by atoms with E-state index in [2.05, 4.69) is 63.4 Å². The predicted octanol–water partition coefficient (Wildman–Crippen LogP) is 3.45. The second kappa shape index (κ2) is 8.65. The van der Waals surface area contributed by atoms with Gasteiger partial charge in [-0.15, -0.1) is 0 Å². The summed E-state index contributed by atoms with van der Waals surface area (Å²) in [7, 11) is 0. The zero-order valence-electron chi connectivity index (χ0n) is 16.8. The molecule has 5 nitrogen and oxygen atoms in total. The maximum absolute atomic E-state index is 6.02. The molecule has 5 heteroatoms. The largest absolute Gasteiger partial charge is 0.370 e. The van der Waals surface area contributed by atoms with Gasteiger partial charge in [-0.25, -0.2) is 4.99 Å². The molecule has 2 aromatic carbocycles. The summed E-state index contributed by atoms with van der Waals surface area (Å²) < 4.78 is 0. The van der Waals surface area contributed by atoms with Gasteiger partial charge in [-0.1, -0.05) is 29.8 Å². The highest BCUT2D eigenvalue weighted by molar-refractivity contribution is 5.92. The van der Waals surface area contributed by atoms with E-state index < -0.39 is 0 Å². The molecule has 0 unspecified atom stereocenters. The van der Waals surface area contributed by atoms with Crippen molar-refractivity contribution >= 4 is 17.3 Å². The normalized spacial score (nSPS) is 18.3. The van der Waals surface area contributed by atoms with Gasteiger partial charge in [-0.3, -0.25) is 4.90 Å². The summed E-state index contributed by atoms with van der Waals surface area (Å²) in [6, 6.07) is 16.9. The molecule has 1 aliphatic carbocycles. The van der Waals surface area contributed by atoms with Crippen LogP contribution in [0.25, 0.3) is 0 Å². The summed E-state index contributed by atoms with van der Waals surface area (Å²) in [4.78, 5) is 9.58. The Bertz CT molecular complexity index is 785. The number of nitrogens with one attached hydrogen (secondary N) is 1. The lowest BCUT2D eigenvalue weighted by atomic mass is 10.1. The molecule has 0 bridgehead atoms. The second-order valence-corrected chi connectivity index (χ2v) is 8.09. The van der Waals surface area contributed by atoms with Crippen LogP contribution in [-0.2, 0) is 6.54 Å². The third-order valence-corrected chi connectivity index (χ3v) is 5.64. The average Bonchev–Trinajstić information content (AvgIpc) is 3.53. The number of hydrogen-bond acceptors (Lipinski definition) is 3. The van der Waals surface area contributed by atoms with Gasteiger partial charge in [0.15, 0.2) is 5.96 Å². The molecule has 0 amide bonds. The summed E-state index contributed by atoms with van der Waals surface area (Å²) >= 11 is 0. The molecule has 0 spiro atoms. The van der Waals surface area contributed by atoms with E-state index in [9.17, 15) is 0 Å². The Hall–Kier alpha value is -2.53. The molecule has 1 saturated heterocycles. The summed E-state index contributed by atoms with van der Waals surface area (Å²) in [6.07, 6.45) is 2.88. The minimum absolute atomic E-state index is 0.444. The lowest BCUT2D eigenvalue weighted by Crippen LogP contribution is -2.47. The summed E-state index contributed by atoms with van der Waals surface area (Å²) in [5.41, 5.74) is 10.7. The maximum atomic E-state index is 6.02. The van der Waals surface area contributed by atoms with E-state index in [1.165, 1.54) is 49.3 Å². The first-order valence-corrected chi connectivity index (χ1v) is 10.4. The number of benzene rings is 2. The van der Waals surface area contributed by atoms with Crippen LogP contribution >= 0.6 is 0 Å². The van der Waals surface area contributed by atoms with Crippen LogP contribution in [0.3, 0.4) is 0 Å². The van der Waals surface area contributed by atoms with E-state index in [4.69, 9.17) is 5.73 Å². The van der Waals surface area contributed by atoms with Crippen molar-refractivity contribution in [2.75, 3.05) is 42.9 Å². The van der Waals surface area contributed by atoms with Crippen molar-refractivity contribution in [3.05, 3.63) is 59.7 Å². The number of piperazine rings is 1. The number of hydrogen-bond donors (Lipinski definition) is 2. The molecule has 2 aromatic rings. The van der Waals surface area contributed by atoms with Gasteiger partial charge in [0.25, 0.3) is 0 Å². The van der Waals surface area contributed by atoms with Gasteiger partial charge in [0.1, 0.15) is 0 Å². The van der Waals surface area contributed by atoms with Crippen LogP contribution in [0.2, 0.25) is 0 Å². The van der Waals surface area contributed by atoms with Crippen molar-refractivity contribution in [1.29, 1.82) is 0 Å². The maximum Gasteiger partial charge on any atom is 0.193 e. The SMILES string of the molecule is Cc1ccc(NC(N)=NCc2ccc(N3CCN(CC4CC4)CC3)cc2)cc1. The number of guanidine groups is 1. The molecule has 0 radical (unpaired) electrons. The monoisotopic (exact) mass is 377 g/mol. The van der Waals surface area contributed by atoms with Crippen molar-refractivity contribution < 1.29 is 0 Å². The van der Waals surface area contributed by atoms with E-state index >= 15 is 0 Å². The number of nitrogens with two attached hydrogens (primary N) is 1. The first-order valence-electron chi connectivity index (χ1n) is 10.4. The molecule has 148 valence electrons. The highest BCUT2D eigenvalue weighted by atomic mass is 15.3. The molecule has 2 aliphatic rings. The second-order valence-electron chi connectivity index (χ2n) is 8.09. The Morgan fingerprint density at radius 2 is 1.68 bits per heavy atom. The standard InChI is InChI=1S/C23H31N5/c1-18-2-8-21(9-3-18)26-23(24)25-16-19-6-10-22(11-7-19)28-14-12-27(13-15-28)17-20-4-5-20/h2-3,6-11,20H,4-5,12-17H2,1H3,(H3,24,25,26). The fourth-order valence-corrected chi connectivity index (χ4v) is 3.67. The number of aliphatic imine (C=N–C) groups is 1. The smallest absolute Gasteiger partial charge is 0.193 e. The van der Waals surface area contributed by atoms with Crippen LogP contribution < -0.4 is 16.0 Å². The van der Waals surface area contributed by atoms with Crippen LogP contribution in [0.5, 0.6) is 0 Å². The Morgan fingerprint density at radius 3 is 2.32 bits per heavy atom. The Balaban J connectivity index is 1.26. The fourth-order valence-electron chi connectivity index (χ4n) is 3.67. The molecule has 1 saturated carbocycles. The Kier molecular flexibility index (Phi) is 5.81. The van der Waals surface area contributed by atoms with Gasteiger partial charge in [-0.05, 0) is 55.5 Å². The van der Waals surface area contributed by atoms with Gasteiger partial charge in [0, 0.05) is 44.1 Å². The van der Waals surface area contributed by atoms with E-state index in [1.807, 2.05) is 12.1 Å². The van der Waals surface area contributed by atoms with Crippen molar-refractivity contribution in [2.24, 2.45) is 16.6 Å². The number of nitrogens with zero attached hydrogens (tertiary/aromatic N) is 3. The molecule has 4 rings (SSSR count). The van der Waals surface area contributed by atoms with Crippen molar-refractivity contribution in [1.82, 2.24) is 4.90 Å². The van der Waals surface area contributed by atoms with Crippen LogP contribution in [-0.4, -0.2) is 43.6 Å². The van der Waals surface area contributed by atoms with Crippen LogP contribution in [0.4, 0.5) is 11.4 Å². The highest BCUT2D eigenvalue weighted by Crippen LogP contribution is 2.30. The van der Waals surface area contributed by atoms with Gasteiger partial charge in [-0.2, -0.15) is 0 Å². The summed E-state index contributed by atoms with van der Waals surface area (Å²) in [5.74, 6) is 1.43. The minimum atomic E-state index is 0.444. The number of rotatable bonds is 6. The molecule has 28 heavy (non-hydrogen) atoms. The quantitative estimate of drug-likeness (QED) is 0.598. The van der Waals surface area contributed by atoms with Gasteiger partial charge < -0.3 is 16.0 Å². The first kappa shape index (κ1) is 18.8. The summed E-state index contributed by atoms with van der Waals surface area (Å²) in [6.45, 7) is 8.57. The zero-order chi connectivity index (χ0) is 19.3. The van der Waals surface area contributed by atoms with Crippen molar-refractivity contribution in [3.63, 3.8) is 0 Å². The lowest BCUT2D eigenvalue weighted by molar-refractivity contribution is 0.248. The van der Waals surface area contributed by atoms with Crippen molar-refractivity contribution in [2.45, 2.75) is 26.3 Å². The van der Waals surface area contributed by atoms with Crippen LogP contribution in [0.1, 0.15) is 24.0 Å². The van der Waals surface area contributed by atoms with E-state index in [1.54, 1.807) is 0 Å². The van der Waals surface area contributed by atoms with Crippen molar-refractivity contribution in [3.8, 4) is 0 Å². The third-order valence-electron chi connectivity index (χ3n) is 5.64. The summed E-state index contributed by atoms with van der Waals surface area (Å²) in [5, 5.41) is 3.14. The molecule has 0 atom stereocenters. The predicted molar refractivity (Wildman–Crippen MR) is 118 cm³/mol. The molecule has 0 aromatic heterocycles. The molecule has 1 heterocycles. The molecule has 3 N–H and O–H groups in total. The topological polar surface area (TPSA) is 56.9 Å². The minimum Gasteiger partial charge on any atom is -0.370 e. The Labute approximate surface area is 168 Å². The number of anilines is 2. The fraction of sp³-hybridized carbons (Fsp3) is 0.435. The van der Waals surface area contributed by atoms with Crippen LogP contribution in [0, 0.1) is 12.8 Å². The van der Waals surface area contributed by atoms with E-state index in [0.29, 0.717) is 12.5 Å². The lowest BCUT2D eigenvalue weighted by Gasteiger charge is -2.36.